The summed E-state index contributed by atoms with van der Waals surface area (Å²) in [7, 11) is 0. The van der Waals surface area contributed by atoms with Crippen LogP contribution in [0.15, 0.2) is 22.7 Å². The third-order valence-corrected chi connectivity index (χ3v) is 2.64. The molecule has 0 saturated heterocycles. The number of nitrogens with zero attached hydrogens (tertiary/aromatic N) is 2. The van der Waals surface area contributed by atoms with Gasteiger partial charge in [0.25, 0.3) is 5.89 Å². The average Bonchev–Trinajstić information content (AvgIpc) is 2.68. The van der Waals surface area contributed by atoms with Gasteiger partial charge < -0.3 is 4.52 Å². The summed E-state index contributed by atoms with van der Waals surface area (Å²) in [4.78, 5) is 4.22. The number of rotatable bonds is 3. The summed E-state index contributed by atoms with van der Waals surface area (Å²) in [6.07, 6.45) is 2.29. The molecule has 3 nitrogen and oxygen atoms in total. The highest BCUT2D eigenvalue weighted by atomic mass is 16.5. The molecule has 2 rings (SSSR count). The van der Waals surface area contributed by atoms with Crippen molar-refractivity contribution in [1.29, 1.82) is 0 Å². The lowest BCUT2D eigenvalue weighted by Gasteiger charge is -2.04. The molecule has 1 aromatic heterocycles. The monoisotopic (exact) mass is 216 g/mol. The van der Waals surface area contributed by atoms with Crippen LogP contribution in [0.5, 0.6) is 0 Å². The Balaban J connectivity index is 2.34. The Morgan fingerprint density at radius 1 is 1.25 bits per heavy atom. The molecule has 0 fully saturated rings. The van der Waals surface area contributed by atoms with Crippen molar-refractivity contribution in [3.8, 4) is 11.5 Å². The molecule has 2 aromatic rings. The second-order valence-corrected chi connectivity index (χ2v) is 4.04. The SMILES string of the molecule is CCCc1ccc(-c2nc(C)no2)cc1C. The number of benzene rings is 1. The summed E-state index contributed by atoms with van der Waals surface area (Å²) in [5.74, 6) is 1.27. The summed E-state index contributed by atoms with van der Waals surface area (Å²) < 4.78 is 5.14. The van der Waals surface area contributed by atoms with E-state index in [-0.39, 0.29) is 0 Å². The number of aryl methyl sites for hydroxylation is 3. The van der Waals surface area contributed by atoms with Gasteiger partial charge in [0, 0.05) is 5.56 Å². The largest absolute Gasteiger partial charge is 0.334 e. The van der Waals surface area contributed by atoms with Crippen LogP contribution in [0.3, 0.4) is 0 Å². The van der Waals surface area contributed by atoms with E-state index in [1.165, 1.54) is 17.5 Å². The van der Waals surface area contributed by atoms with Crippen molar-refractivity contribution < 1.29 is 4.52 Å². The first-order valence-electron chi connectivity index (χ1n) is 5.61. The Hall–Kier alpha value is -1.64. The smallest absolute Gasteiger partial charge is 0.257 e. The average molecular weight is 216 g/mol. The first-order valence-corrected chi connectivity index (χ1v) is 5.61. The van der Waals surface area contributed by atoms with Crippen LogP contribution in [0.4, 0.5) is 0 Å². The standard InChI is InChI=1S/C13H16N2O/c1-4-5-11-6-7-12(8-9(11)2)13-14-10(3)15-16-13/h6-8H,4-5H2,1-3H3. The van der Waals surface area contributed by atoms with Crippen LogP contribution in [0.1, 0.15) is 30.3 Å². The minimum absolute atomic E-state index is 0.601. The summed E-state index contributed by atoms with van der Waals surface area (Å²) in [6.45, 7) is 6.14. The van der Waals surface area contributed by atoms with Crippen LogP contribution in [0.2, 0.25) is 0 Å². The van der Waals surface area contributed by atoms with Crippen molar-refractivity contribution in [3.63, 3.8) is 0 Å². The number of hydrogen-bond acceptors (Lipinski definition) is 3. The van der Waals surface area contributed by atoms with E-state index in [0.717, 1.165) is 12.0 Å². The molecule has 0 unspecified atom stereocenters. The highest BCUT2D eigenvalue weighted by molar-refractivity contribution is 5.55. The maximum atomic E-state index is 5.14. The van der Waals surface area contributed by atoms with Gasteiger partial charge in [0.15, 0.2) is 5.82 Å². The van der Waals surface area contributed by atoms with Gasteiger partial charge in [-0.25, -0.2) is 0 Å². The van der Waals surface area contributed by atoms with E-state index < -0.39 is 0 Å². The molecule has 0 atom stereocenters. The van der Waals surface area contributed by atoms with Gasteiger partial charge in [-0.05, 0) is 43.5 Å². The fourth-order valence-corrected chi connectivity index (χ4v) is 1.79. The maximum Gasteiger partial charge on any atom is 0.257 e. The molecule has 0 spiro atoms. The van der Waals surface area contributed by atoms with Crippen LogP contribution in [0, 0.1) is 13.8 Å². The van der Waals surface area contributed by atoms with Crippen molar-refractivity contribution in [1.82, 2.24) is 10.1 Å². The van der Waals surface area contributed by atoms with Crippen molar-refractivity contribution >= 4 is 0 Å². The van der Waals surface area contributed by atoms with Crippen LogP contribution in [-0.4, -0.2) is 10.1 Å². The molecule has 0 aliphatic carbocycles. The van der Waals surface area contributed by atoms with E-state index in [4.69, 9.17) is 4.52 Å². The van der Waals surface area contributed by atoms with Gasteiger partial charge in [-0.1, -0.05) is 24.6 Å². The lowest BCUT2D eigenvalue weighted by atomic mass is 10.0. The van der Waals surface area contributed by atoms with Crippen molar-refractivity contribution in [2.75, 3.05) is 0 Å². The predicted molar refractivity (Wildman–Crippen MR) is 63.2 cm³/mol. The zero-order valence-corrected chi connectivity index (χ0v) is 9.95. The van der Waals surface area contributed by atoms with Gasteiger partial charge in [0.1, 0.15) is 0 Å². The highest BCUT2D eigenvalue weighted by Gasteiger charge is 2.07. The lowest BCUT2D eigenvalue weighted by Crippen LogP contribution is -1.89. The molecule has 1 aromatic carbocycles. The van der Waals surface area contributed by atoms with Crippen LogP contribution < -0.4 is 0 Å². The molecule has 0 aliphatic heterocycles. The van der Waals surface area contributed by atoms with Crippen LogP contribution in [0.25, 0.3) is 11.5 Å². The summed E-state index contributed by atoms with van der Waals surface area (Å²) in [5, 5.41) is 3.80. The Labute approximate surface area is 95.5 Å². The maximum absolute atomic E-state index is 5.14. The molecule has 3 heteroatoms. The third-order valence-electron chi connectivity index (χ3n) is 2.64. The molecule has 16 heavy (non-hydrogen) atoms. The molecule has 0 radical (unpaired) electrons. The van der Waals surface area contributed by atoms with Crippen LogP contribution >= 0.6 is 0 Å². The van der Waals surface area contributed by atoms with Crippen LogP contribution in [-0.2, 0) is 6.42 Å². The second-order valence-electron chi connectivity index (χ2n) is 4.04. The minimum atomic E-state index is 0.601. The molecule has 0 N–H and O–H groups in total. The Kier molecular flexibility index (Phi) is 3.04. The Morgan fingerprint density at radius 3 is 2.62 bits per heavy atom. The minimum Gasteiger partial charge on any atom is -0.334 e. The van der Waals surface area contributed by atoms with E-state index in [9.17, 15) is 0 Å². The van der Waals surface area contributed by atoms with Gasteiger partial charge in [-0.2, -0.15) is 4.98 Å². The van der Waals surface area contributed by atoms with E-state index in [1.807, 2.05) is 13.0 Å². The van der Waals surface area contributed by atoms with Gasteiger partial charge >= 0.3 is 0 Å². The molecule has 0 bridgehead atoms. The van der Waals surface area contributed by atoms with Gasteiger partial charge in [-0.3, -0.25) is 0 Å². The number of aromatic nitrogens is 2. The summed E-state index contributed by atoms with van der Waals surface area (Å²) in [6, 6.07) is 6.30. The topological polar surface area (TPSA) is 38.9 Å². The van der Waals surface area contributed by atoms with E-state index in [1.54, 1.807) is 0 Å². The molecule has 1 heterocycles. The summed E-state index contributed by atoms with van der Waals surface area (Å²) >= 11 is 0. The van der Waals surface area contributed by atoms with E-state index in [0.29, 0.717) is 11.7 Å². The van der Waals surface area contributed by atoms with E-state index in [2.05, 4.69) is 36.1 Å². The van der Waals surface area contributed by atoms with Crippen molar-refractivity contribution in [2.45, 2.75) is 33.6 Å². The van der Waals surface area contributed by atoms with Gasteiger partial charge in [-0.15, -0.1) is 0 Å². The Morgan fingerprint density at radius 2 is 2.06 bits per heavy atom. The molecule has 0 saturated carbocycles. The fraction of sp³-hybridized carbons (Fsp3) is 0.385. The Bertz CT molecular complexity index is 488. The molecular weight excluding hydrogens is 200 g/mol. The normalized spacial score (nSPS) is 10.7. The summed E-state index contributed by atoms with van der Waals surface area (Å²) in [5.41, 5.74) is 3.68. The quantitative estimate of drug-likeness (QED) is 0.790. The zero-order valence-electron chi connectivity index (χ0n) is 9.95. The van der Waals surface area contributed by atoms with Crippen molar-refractivity contribution in [3.05, 3.63) is 35.2 Å². The van der Waals surface area contributed by atoms with Gasteiger partial charge in [0.2, 0.25) is 0 Å². The molecule has 0 aliphatic rings. The van der Waals surface area contributed by atoms with Crippen molar-refractivity contribution in [2.24, 2.45) is 0 Å². The molecule has 84 valence electrons. The lowest BCUT2D eigenvalue weighted by molar-refractivity contribution is 0.425. The molecular formula is C13H16N2O. The molecule has 0 amide bonds. The fourth-order valence-electron chi connectivity index (χ4n) is 1.79. The van der Waals surface area contributed by atoms with Gasteiger partial charge in [0.05, 0.1) is 0 Å². The zero-order chi connectivity index (χ0) is 11.5. The second kappa shape index (κ2) is 4.47. The third kappa shape index (κ3) is 2.13. The first kappa shape index (κ1) is 10.9. The predicted octanol–water partition coefficient (Wildman–Crippen LogP) is 3.31. The van der Waals surface area contributed by atoms with E-state index >= 15 is 0 Å². The first-order chi connectivity index (χ1) is 7.70. The highest BCUT2D eigenvalue weighted by Crippen LogP contribution is 2.21. The number of hydrogen-bond donors (Lipinski definition) is 0.